The van der Waals surface area contributed by atoms with Crippen LogP contribution in [0.1, 0.15) is 11.1 Å². The number of nitrogens with zero attached hydrogens (tertiary/aromatic N) is 3. The van der Waals surface area contributed by atoms with Gasteiger partial charge in [-0.3, -0.25) is 13.9 Å². The van der Waals surface area contributed by atoms with Crippen molar-refractivity contribution in [3.05, 3.63) is 98.6 Å². The number of fused-ring (bicyclic) bond motifs is 2. The van der Waals surface area contributed by atoms with Crippen molar-refractivity contribution in [2.45, 2.75) is 13.1 Å². The lowest BCUT2D eigenvalue weighted by Gasteiger charge is -2.14. The molecule has 4 aromatic rings. The second kappa shape index (κ2) is 7.14. The summed E-state index contributed by atoms with van der Waals surface area (Å²) in [5.41, 5.74) is 0.510. The Labute approximate surface area is 169 Å². The Bertz CT molecular complexity index is 1390. The van der Waals surface area contributed by atoms with Crippen LogP contribution in [0.3, 0.4) is 0 Å². The van der Waals surface area contributed by atoms with Gasteiger partial charge in [-0.1, -0.05) is 24.3 Å². The van der Waals surface area contributed by atoms with Crippen LogP contribution in [0.25, 0.3) is 11.0 Å². The van der Waals surface area contributed by atoms with Crippen LogP contribution in [0, 0.1) is 5.82 Å². The monoisotopic (exact) mass is 405 g/mol. The predicted octanol–water partition coefficient (Wildman–Crippen LogP) is 2.52. The number of aromatic nitrogens is 3. The maximum atomic E-state index is 14.2. The molecule has 0 spiro atoms. The molecule has 150 valence electrons. The highest BCUT2D eigenvalue weighted by Crippen LogP contribution is 2.32. The molecule has 0 saturated heterocycles. The van der Waals surface area contributed by atoms with Gasteiger partial charge in [-0.25, -0.2) is 14.2 Å². The van der Waals surface area contributed by atoms with E-state index in [1.807, 2.05) is 0 Å². The maximum Gasteiger partial charge on any atom is 0.332 e. The normalized spacial score (nSPS) is 12.4. The van der Waals surface area contributed by atoms with Gasteiger partial charge in [-0.2, -0.15) is 0 Å². The number of rotatable bonds is 4. The molecule has 0 N–H and O–H groups in total. The molecule has 1 aliphatic rings. The second-order valence-corrected chi connectivity index (χ2v) is 6.91. The lowest BCUT2D eigenvalue weighted by molar-refractivity contribution is 0.174. The van der Waals surface area contributed by atoms with Gasteiger partial charge in [0.05, 0.1) is 18.6 Å². The zero-order valence-corrected chi connectivity index (χ0v) is 15.7. The lowest BCUT2D eigenvalue weighted by atomic mass is 10.2. The number of ether oxygens (including phenoxy) is 2. The average molecular weight is 405 g/mol. The fraction of sp³-hybridized carbons (Fsp3) is 0.136. The van der Waals surface area contributed by atoms with Crippen LogP contribution in [0.4, 0.5) is 4.39 Å². The van der Waals surface area contributed by atoms with Crippen LogP contribution in [0.15, 0.2) is 70.4 Å². The summed E-state index contributed by atoms with van der Waals surface area (Å²) in [5.74, 6) is 0.754. The third-order valence-corrected chi connectivity index (χ3v) is 5.05. The molecule has 2 aromatic heterocycles. The van der Waals surface area contributed by atoms with E-state index in [2.05, 4.69) is 4.98 Å². The zero-order chi connectivity index (χ0) is 20.7. The molecule has 3 heterocycles. The molecular weight excluding hydrogens is 389 g/mol. The summed E-state index contributed by atoms with van der Waals surface area (Å²) in [6, 6.07) is 14.7. The van der Waals surface area contributed by atoms with E-state index < -0.39 is 17.1 Å². The van der Waals surface area contributed by atoms with Gasteiger partial charge in [0, 0.05) is 11.8 Å². The van der Waals surface area contributed by atoms with Crippen molar-refractivity contribution in [2.24, 2.45) is 0 Å². The van der Waals surface area contributed by atoms with E-state index in [1.54, 1.807) is 48.5 Å². The Morgan fingerprint density at radius 1 is 0.933 bits per heavy atom. The number of benzene rings is 2. The number of halogens is 1. The van der Waals surface area contributed by atoms with Crippen LogP contribution < -0.4 is 20.7 Å². The molecule has 0 saturated carbocycles. The van der Waals surface area contributed by atoms with Gasteiger partial charge >= 0.3 is 5.69 Å². The Morgan fingerprint density at radius 3 is 2.63 bits per heavy atom. The number of hydrogen-bond acceptors (Lipinski definition) is 5. The van der Waals surface area contributed by atoms with Crippen molar-refractivity contribution < 1.29 is 13.9 Å². The van der Waals surface area contributed by atoms with E-state index in [-0.39, 0.29) is 25.4 Å². The van der Waals surface area contributed by atoms with Crippen LogP contribution in [-0.2, 0) is 13.1 Å². The topological polar surface area (TPSA) is 75.4 Å². The molecule has 30 heavy (non-hydrogen) atoms. The van der Waals surface area contributed by atoms with Gasteiger partial charge in [0.25, 0.3) is 5.56 Å². The second-order valence-electron chi connectivity index (χ2n) is 6.91. The fourth-order valence-electron chi connectivity index (χ4n) is 3.55. The minimum atomic E-state index is -0.540. The van der Waals surface area contributed by atoms with Crippen molar-refractivity contribution in [2.75, 3.05) is 6.79 Å². The summed E-state index contributed by atoms with van der Waals surface area (Å²) in [6.45, 7) is 0.140. The highest BCUT2D eigenvalue weighted by molar-refractivity contribution is 5.73. The molecule has 1 aliphatic heterocycles. The fourth-order valence-corrected chi connectivity index (χ4v) is 3.55. The molecule has 8 heteroatoms. The minimum absolute atomic E-state index is 0.0187. The smallest absolute Gasteiger partial charge is 0.332 e. The Balaban J connectivity index is 1.66. The lowest BCUT2D eigenvalue weighted by Crippen LogP contribution is -2.41. The summed E-state index contributed by atoms with van der Waals surface area (Å²) in [7, 11) is 0. The maximum absolute atomic E-state index is 14.2. The van der Waals surface area contributed by atoms with Crippen LogP contribution >= 0.6 is 0 Å². The van der Waals surface area contributed by atoms with E-state index in [0.717, 1.165) is 4.57 Å². The van der Waals surface area contributed by atoms with E-state index in [4.69, 9.17) is 9.47 Å². The number of pyridine rings is 1. The Kier molecular flexibility index (Phi) is 4.31. The Hall–Kier alpha value is -3.94. The summed E-state index contributed by atoms with van der Waals surface area (Å²) in [5, 5.41) is 0. The largest absolute Gasteiger partial charge is 0.454 e. The summed E-state index contributed by atoms with van der Waals surface area (Å²) in [6.07, 6.45) is 1.49. The highest BCUT2D eigenvalue weighted by atomic mass is 19.1. The van der Waals surface area contributed by atoms with Crippen molar-refractivity contribution in [1.29, 1.82) is 0 Å². The first-order chi connectivity index (χ1) is 14.6. The van der Waals surface area contributed by atoms with Crippen LogP contribution in [0.5, 0.6) is 11.5 Å². The first-order valence-corrected chi connectivity index (χ1v) is 9.32. The highest BCUT2D eigenvalue weighted by Gasteiger charge is 2.18. The third-order valence-electron chi connectivity index (χ3n) is 5.05. The van der Waals surface area contributed by atoms with Crippen molar-refractivity contribution in [3.8, 4) is 11.5 Å². The van der Waals surface area contributed by atoms with Crippen molar-refractivity contribution in [3.63, 3.8) is 0 Å². The van der Waals surface area contributed by atoms with E-state index in [9.17, 15) is 14.0 Å². The number of hydrogen-bond donors (Lipinski definition) is 0. The molecule has 0 radical (unpaired) electrons. The summed E-state index contributed by atoms with van der Waals surface area (Å²) in [4.78, 5) is 30.5. The standard InChI is InChI=1S/C22H16FN3O4/c23-16-5-2-1-4-15(16)12-25-17-6-3-9-24-20(17)21(27)26(22(25)28)11-14-7-8-18-19(10-14)30-13-29-18/h1-10H,11-13H2. The molecule has 0 unspecified atom stereocenters. The molecule has 0 atom stereocenters. The molecule has 2 aromatic carbocycles. The first-order valence-electron chi connectivity index (χ1n) is 9.32. The van der Waals surface area contributed by atoms with Gasteiger partial charge in [-0.05, 0) is 35.9 Å². The van der Waals surface area contributed by atoms with E-state index in [1.165, 1.54) is 16.8 Å². The molecule has 0 fully saturated rings. The molecular formula is C22H16FN3O4. The third kappa shape index (κ3) is 3.02. The van der Waals surface area contributed by atoms with Crippen molar-refractivity contribution in [1.82, 2.24) is 14.1 Å². The molecule has 7 nitrogen and oxygen atoms in total. The van der Waals surface area contributed by atoms with Crippen LogP contribution in [-0.4, -0.2) is 20.9 Å². The van der Waals surface area contributed by atoms with Crippen LogP contribution in [0.2, 0.25) is 0 Å². The van der Waals surface area contributed by atoms with Gasteiger partial charge in [0.1, 0.15) is 5.82 Å². The molecule has 0 amide bonds. The van der Waals surface area contributed by atoms with E-state index >= 15 is 0 Å². The summed E-state index contributed by atoms with van der Waals surface area (Å²) < 4.78 is 27.4. The van der Waals surface area contributed by atoms with Gasteiger partial charge in [0.15, 0.2) is 17.0 Å². The van der Waals surface area contributed by atoms with Gasteiger partial charge < -0.3 is 9.47 Å². The van der Waals surface area contributed by atoms with Crippen molar-refractivity contribution >= 4 is 11.0 Å². The average Bonchev–Trinajstić information content (AvgIpc) is 3.23. The quantitative estimate of drug-likeness (QED) is 0.522. The molecule has 0 bridgehead atoms. The minimum Gasteiger partial charge on any atom is -0.454 e. The predicted molar refractivity (Wildman–Crippen MR) is 107 cm³/mol. The summed E-state index contributed by atoms with van der Waals surface area (Å²) >= 11 is 0. The Morgan fingerprint density at radius 2 is 1.77 bits per heavy atom. The van der Waals surface area contributed by atoms with Gasteiger partial charge in [-0.15, -0.1) is 0 Å². The zero-order valence-electron chi connectivity index (χ0n) is 15.7. The van der Waals surface area contributed by atoms with Gasteiger partial charge in [0.2, 0.25) is 6.79 Å². The first kappa shape index (κ1) is 18.1. The molecule has 5 rings (SSSR count). The van der Waals surface area contributed by atoms with E-state index in [0.29, 0.717) is 28.1 Å². The molecule has 0 aliphatic carbocycles. The SMILES string of the molecule is O=c1c2ncccc2n(Cc2ccccc2F)c(=O)n1Cc1ccc2c(c1)OCO2.